The van der Waals surface area contributed by atoms with E-state index in [2.05, 4.69) is 48.6 Å². The summed E-state index contributed by atoms with van der Waals surface area (Å²) in [7, 11) is 0. The Morgan fingerprint density at radius 3 is 2.86 bits per heavy atom. The molecule has 0 atom stereocenters. The standard InChI is InChI=1S/C19H21NO/c1-13-11-14(12-20-16-6-7-16)5-8-17(13)18-4-2-3-15-9-10-21-19(15)18/h2-5,8,11,16,20H,6-7,9-10,12H2,1H3. The molecule has 0 radical (unpaired) electrons. The Kier molecular flexibility index (Phi) is 3.19. The number of hydrogen-bond donors (Lipinski definition) is 1. The van der Waals surface area contributed by atoms with Crippen molar-refractivity contribution in [2.45, 2.75) is 38.8 Å². The molecule has 0 amide bonds. The molecule has 2 nitrogen and oxygen atoms in total. The number of hydrogen-bond acceptors (Lipinski definition) is 2. The molecule has 108 valence electrons. The first-order valence-corrected chi connectivity index (χ1v) is 7.89. The van der Waals surface area contributed by atoms with Gasteiger partial charge in [-0.3, -0.25) is 0 Å². The zero-order valence-electron chi connectivity index (χ0n) is 12.5. The van der Waals surface area contributed by atoms with Crippen molar-refractivity contribution >= 4 is 0 Å². The summed E-state index contributed by atoms with van der Waals surface area (Å²) in [5.41, 5.74) is 6.57. The maximum absolute atomic E-state index is 5.84. The summed E-state index contributed by atoms with van der Waals surface area (Å²) in [6.45, 7) is 3.99. The van der Waals surface area contributed by atoms with Crippen LogP contribution in [0.3, 0.4) is 0 Å². The van der Waals surface area contributed by atoms with E-state index in [-0.39, 0.29) is 0 Å². The molecule has 1 aliphatic heterocycles. The average Bonchev–Trinajstić information content (AvgIpc) is 3.20. The summed E-state index contributed by atoms with van der Waals surface area (Å²) in [6.07, 6.45) is 3.71. The van der Waals surface area contributed by atoms with Crippen LogP contribution < -0.4 is 10.1 Å². The Hall–Kier alpha value is -1.80. The van der Waals surface area contributed by atoms with Gasteiger partial charge < -0.3 is 10.1 Å². The van der Waals surface area contributed by atoms with Gasteiger partial charge in [-0.05, 0) is 42.0 Å². The number of nitrogens with one attached hydrogen (secondary N) is 1. The second-order valence-electron chi connectivity index (χ2n) is 6.20. The van der Waals surface area contributed by atoms with Gasteiger partial charge in [0.2, 0.25) is 0 Å². The minimum absolute atomic E-state index is 0.760. The van der Waals surface area contributed by atoms with E-state index in [0.29, 0.717) is 0 Å². The molecular formula is C19H21NO. The van der Waals surface area contributed by atoms with Crippen LogP contribution in [-0.2, 0) is 13.0 Å². The zero-order valence-corrected chi connectivity index (χ0v) is 12.5. The molecule has 2 aliphatic rings. The van der Waals surface area contributed by atoms with Crippen LogP contribution in [0.15, 0.2) is 36.4 Å². The van der Waals surface area contributed by atoms with Crippen LogP contribution in [0.25, 0.3) is 11.1 Å². The lowest BCUT2D eigenvalue weighted by molar-refractivity contribution is 0.358. The largest absolute Gasteiger partial charge is 0.492 e. The SMILES string of the molecule is Cc1cc(CNC2CC2)ccc1-c1cccc2c1OCC2. The van der Waals surface area contributed by atoms with Gasteiger partial charge in [0, 0.05) is 24.6 Å². The van der Waals surface area contributed by atoms with Crippen LogP contribution in [0.2, 0.25) is 0 Å². The van der Waals surface area contributed by atoms with Crippen molar-refractivity contribution in [3.8, 4) is 16.9 Å². The first-order valence-electron chi connectivity index (χ1n) is 7.89. The maximum atomic E-state index is 5.84. The first kappa shape index (κ1) is 12.9. The number of fused-ring (bicyclic) bond motifs is 1. The number of rotatable bonds is 4. The van der Waals surface area contributed by atoms with E-state index >= 15 is 0 Å². The number of benzene rings is 2. The van der Waals surface area contributed by atoms with E-state index in [0.717, 1.165) is 31.4 Å². The smallest absolute Gasteiger partial charge is 0.130 e. The molecule has 0 bridgehead atoms. The van der Waals surface area contributed by atoms with Crippen molar-refractivity contribution in [3.63, 3.8) is 0 Å². The molecule has 0 unspecified atom stereocenters. The summed E-state index contributed by atoms with van der Waals surface area (Å²) in [4.78, 5) is 0. The van der Waals surface area contributed by atoms with Gasteiger partial charge in [0.1, 0.15) is 5.75 Å². The Morgan fingerprint density at radius 1 is 1.14 bits per heavy atom. The van der Waals surface area contributed by atoms with Crippen LogP contribution in [0.4, 0.5) is 0 Å². The van der Waals surface area contributed by atoms with E-state index in [1.165, 1.54) is 40.7 Å². The molecule has 2 aromatic carbocycles. The summed E-state index contributed by atoms with van der Waals surface area (Å²) in [5, 5.41) is 3.58. The summed E-state index contributed by atoms with van der Waals surface area (Å²) in [6, 6.07) is 14.0. The topological polar surface area (TPSA) is 21.3 Å². The Bertz CT molecular complexity index is 673. The van der Waals surface area contributed by atoms with Crippen molar-refractivity contribution < 1.29 is 4.74 Å². The minimum atomic E-state index is 0.760. The predicted octanol–water partition coefficient (Wildman–Crippen LogP) is 3.85. The van der Waals surface area contributed by atoms with Crippen LogP contribution in [-0.4, -0.2) is 12.6 Å². The second kappa shape index (κ2) is 5.19. The van der Waals surface area contributed by atoms with Crippen LogP contribution in [0.1, 0.15) is 29.5 Å². The highest BCUT2D eigenvalue weighted by Gasteiger charge is 2.20. The second-order valence-corrected chi connectivity index (χ2v) is 6.20. The van der Waals surface area contributed by atoms with E-state index in [1.54, 1.807) is 0 Å². The molecule has 1 fully saturated rings. The highest BCUT2D eigenvalue weighted by molar-refractivity contribution is 5.75. The zero-order chi connectivity index (χ0) is 14.2. The predicted molar refractivity (Wildman–Crippen MR) is 85.7 cm³/mol. The number of ether oxygens (including phenoxy) is 1. The normalized spacial score (nSPS) is 16.6. The maximum Gasteiger partial charge on any atom is 0.130 e. The van der Waals surface area contributed by atoms with E-state index < -0.39 is 0 Å². The quantitative estimate of drug-likeness (QED) is 0.918. The van der Waals surface area contributed by atoms with Crippen molar-refractivity contribution in [2.75, 3.05) is 6.61 Å². The average molecular weight is 279 g/mol. The van der Waals surface area contributed by atoms with Crippen molar-refractivity contribution in [2.24, 2.45) is 0 Å². The third-order valence-electron chi connectivity index (χ3n) is 4.47. The fourth-order valence-corrected chi connectivity index (χ4v) is 3.11. The lowest BCUT2D eigenvalue weighted by atomic mass is 9.96. The molecule has 4 rings (SSSR count). The third kappa shape index (κ3) is 2.56. The van der Waals surface area contributed by atoms with Gasteiger partial charge in [-0.15, -0.1) is 0 Å². The lowest BCUT2D eigenvalue weighted by Crippen LogP contribution is -2.15. The van der Waals surface area contributed by atoms with Gasteiger partial charge >= 0.3 is 0 Å². The summed E-state index contributed by atoms with van der Waals surface area (Å²) < 4.78 is 5.84. The molecule has 0 spiro atoms. The summed E-state index contributed by atoms with van der Waals surface area (Å²) >= 11 is 0. The molecule has 2 heteroatoms. The van der Waals surface area contributed by atoms with Gasteiger partial charge in [-0.25, -0.2) is 0 Å². The Morgan fingerprint density at radius 2 is 2.05 bits per heavy atom. The third-order valence-corrected chi connectivity index (χ3v) is 4.47. The van der Waals surface area contributed by atoms with Gasteiger partial charge in [0.05, 0.1) is 6.61 Å². The molecule has 1 N–H and O–H groups in total. The van der Waals surface area contributed by atoms with Gasteiger partial charge in [0.15, 0.2) is 0 Å². The molecule has 21 heavy (non-hydrogen) atoms. The molecule has 0 aromatic heterocycles. The molecule has 2 aromatic rings. The van der Waals surface area contributed by atoms with Crippen molar-refractivity contribution in [1.82, 2.24) is 5.32 Å². The molecule has 1 saturated carbocycles. The fraction of sp³-hybridized carbons (Fsp3) is 0.368. The van der Waals surface area contributed by atoms with Gasteiger partial charge in [0.25, 0.3) is 0 Å². The van der Waals surface area contributed by atoms with Gasteiger partial charge in [-0.1, -0.05) is 36.4 Å². The first-order chi connectivity index (χ1) is 10.3. The van der Waals surface area contributed by atoms with E-state index in [9.17, 15) is 0 Å². The molecule has 0 saturated heterocycles. The van der Waals surface area contributed by atoms with Crippen molar-refractivity contribution in [1.29, 1.82) is 0 Å². The van der Waals surface area contributed by atoms with Crippen LogP contribution >= 0.6 is 0 Å². The highest BCUT2D eigenvalue weighted by Crippen LogP contribution is 2.38. The molecular weight excluding hydrogens is 258 g/mol. The van der Waals surface area contributed by atoms with Gasteiger partial charge in [-0.2, -0.15) is 0 Å². The lowest BCUT2D eigenvalue weighted by Gasteiger charge is -2.12. The van der Waals surface area contributed by atoms with Crippen LogP contribution in [0.5, 0.6) is 5.75 Å². The van der Waals surface area contributed by atoms with E-state index in [1.807, 2.05) is 0 Å². The molecule has 1 aliphatic carbocycles. The summed E-state index contributed by atoms with van der Waals surface area (Å²) in [5.74, 6) is 1.09. The Balaban J connectivity index is 1.64. The van der Waals surface area contributed by atoms with Crippen LogP contribution in [0, 0.1) is 6.92 Å². The van der Waals surface area contributed by atoms with Crippen molar-refractivity contribution in [3.05, 3.63) is 53.1 Å². The van der Waals surface area contributed by atoms with E-state index in [4.69, 9.17) is 4.74 Å². The highest BCUT2D eigenvalue weighted by atomic mass is 16.5. The monoisotopic (exact) mass is 279 g/mol. The molecule has 1 heterocycles. The number of aryl methyl sites for hydroxylation is 1. The fourth-order valence-electron chi connectivity index (χ4n) is 3.11. The number of para-hydroxylation sites is 1. The Labute approximate surface area is 126 Å². The minimum Gasteiger partial charge on any atom is -0.492 e.